The number of rotatable bonds is 5. The first-order valence-corrected chi connectivity index (χ1v) is 6.60. The van der Waals surface area contributed by atoms with Gasteiger partial charge in [-0.1, -0.05) is 5.92 Å². The van der Waals surface area contributed by atoms with E-state index >= 15 is 0 Å². The topological polar surface area (TPSA) is 37.5 Å². The Morgan fingerprint density at radius 1 is 1.24 bits per heavy atom. The third-order valence-corrected chi connectivity index (χ3v) is 3.03. The number of nitriles is 1. The Bertz CT molecular complexity index is 292. The summed E-state index contributed by atoms with van der Waals surface area (Å²) in [5, 5.41) is 8.38. The van der Waals surface area contributed by atoms with Crippen LogP contribution in [0.4, 0.5) is 0 Å². The maximum Gasteiger partial charge on any atom is 0.139 e. The molecule has 0 bridgehead atoms. The SMILES string of the molecule is C[C@@H](CC#CC[NH+]1CCCCC1)OCCC#N. The van der Waals surface area contributed by atoms with E-state index in [0.717, 1.165) is 13.0 Å². The van der Waals surface area contributed by atoms with Gasteiger partial charge in [-0.15, -0.1) is 0 Å². The van der Waals surface area contributed by atoms with Gasteiger partial charge in [0, 0.05) is 6.42 Å². The van der Waals surface area contributed by atoms with Crippen molar-refractivity contribution < 1.29 is 9.64 Å². The average molecular weight is 235 g/mol. The second-order valence-electron chi connectivity index (χ2n) is 4.63. The molecular formula is C14H23N2O+. The molecule has 0 aromatic carbocycles. The second kappa shape index (κ2) is 9.05. The second-order valence-corrected chi connectivity index (χ2v) is 4.63. The standard InChI is InChI=1S/C14H22N2O/c1-14(17-13-7-9-15)8-3-6-12-16-10-4-2-5-11-16/h14H,2,4-5,7-8,10-13H2,1H3/p+1/t14-/m0/s1. The number of nitrogens with zero attached hydrogens (tertiary/aromatic N) is 1. The molecule has 3 nitrogen and oxygen atoms in total. The molecule has 1 N–H and O–H groups in total. The first-order chi connectivity index (χ1) is 8.33. The molecule has 0 amide bonds. The van der Waals surface area contributed by atoms with Gasteiger partial charge in [-0.3, -0.25) is 0 Å². The van der Waals surface area contributed by atoms with E-state index in [2.05, 4.69) is 17.9 Å². The number of ether oxygens (including phenoxy) is 1. The Labute approximate surface area is 105 Å². The molecule has 0 aromatic rings. The molecule has 0 spiro atoms. The molecule has 3 heteroatoms. The van der Waals surface area contributed by atoms with E-state index in [9.17, 15) is 0 Å². The number of hydrogen-bond donors (Lipinski definition) is 1. The summed E-state index contributed by atoms with van der Waals surface area (Å²) in [6.45, 7) is 6.08. The lowest BCUT2D eigenvalue weighted by Gasteiger charge is -2.20. The van der Waals surface area contributed by atoms with Gasteiger partial charge < -0.3 is 9.64 Å². The van der Waals surface area contributed by atoms with Crippen molar-refractivity contribution in [2.75, 3.05) is 26.2 Å². The first kappa shape index (κ1) is 14.0. The number of likely N-dealkylation sites (tertiary alicyclic amines) is 1. The van der Waals surface area contributed by atoms with Crippen LogP contribution in [0.1, 0.15) is 39.0 Å². The minimum absolute atomic E-state index is 0.146. The van der Waals surface area contributed by atoms with E-state index in [1.807, 2.05) is 6.92 Å². The van der Waals surface area contributed by atoms with Crippen LogP contribution in [0.2, 0.25) is 0 Å². The van der Waals surface area contributed by atoms with Gasteiger partial charge in [-0.2, -0.15) is 5.26 Å². The monoisotopic (exact) mass is 235 g/mol. The van der Waals surface area contributed by atoms with E-state index in [1.165, 1.54) is 32.4 Å². The summed E-state index contributed by atoms with van der Waals surface area (Å²) in [6, 6.07) is 2.07. The van der Waals surface area contributed by atoms with Gasteiger partial charge in [0.05, 0.1) is 38.3 Å². The largest absolute Gasteiger partial charge is 0.376 e. The molecule has 1 rings (SSSR count). The van der Waals surface area contributed by atoms with Gasteiger partial charge in [-0.25, -0.2) is 0 Å². The van der Waals surface area contributed by atoms with Gasteiger partial charge in [0.15, 0.2) is 0 Å². The van der Waals surface area contributed by atoms with Crippen molar-refractivity contribution in [3.8, 4) is 17.9 Å². The van der Waals surface area contributed by atoms with Gasteiger partial charge in [0.1, 0.15) is 6.54 Å². The maximum absolute atomic E-state index is 8.38. The fourth-order valence-electron chi connectivity index (χ4n) is 2.00. The molecule has 94 valence electrons. The summed E-state index contributed by atoms with van der Waals surface area (Å²) < 4.78 is 5.44. The average Bonchev–Trinajstić information content (AvgIpc) is 2.36. The molecule has 17 heavy (non-hydrogen) atoms. The van der Waals surface area contributed by atoms with Gasteiger partial charge in [-0.05, 0) is 32.1 Å². The summed E-state index contributed by atoms with van der Waals surface area (Å²) >= 11 is 0. The van der Waals surface area contributed by atoms with E-state index in [4.69, 9.17) is 10.00 Å². The van der Waals surface area contributed by atoms with Gasteiger partial charge >= 0.3 is 0 Å². The highest BCUT2D eigenvalue weighted by Crippen LogP contribution is 1.96. The number of piperidine rings is 1. The number of quaternary nitrogens is 1. The number of nitrogens with one attached hydrogen (secondary N) is 1. The maximum atomic E-state index is 8.38. The molecule has 1 saturated heterocycles. The van der Waals surface area contributed by atoms with Crippen LogP contribution in [0.15, 0.2) is 0 Å². The zero-order valence-electron chi connectivity index (χ0n) is 10.8. The van der Waals surface area contributed by atoms with Crippen LogP contribution in [0.3, 0.4) is 0 Å². The Kier molecular flexibility index (Phi) is 7.47. The predicted octanol–water partition coefficient (Wildman–Crippen LogP) is 0.767. The van der Waals surface area contributed by atoms with Crippen molar-refractivity contribution in [2.45, 2.75) is 45.1 Å². The smallest absolute Gasteiger partial charge is 0.139 e. The van der Waals surface area contributed by atoms with Crippen LogP contribution < -0.4 is 4.90 Å². The summed E-state index contributed by atoms with van der Waals surface area (Å²) in [5.41, 5.74) is 0. The summed E-state index contributed by atoms with van der Waals surface area (Å²) in [6.07, 6.45) is 5.48. The van der Waals surface area contributed by atoms with Crippen molar-refractivity contribution in [3.05, 3.63) is 0 Å². The third-order valence-electron chi connectivity index (χ3n) is 3.03. The molecule has 1 heterocycles. The van der Waals surface area contributed by atoms with Crippen LogP contribution in [0.5, 0.6) is 0 Å². The zero-order valence-corrected chi connectivity index (χ0v) is 10.8. The molecule has 0 radical (unpaired) electrons. The molecule has 1 aliphatic heterocycles. The van der Waals surface area contributed by atoms with E-state index in [-0.39, 0.29) is 6.10 Å². The first-order valence-electron chi connectivity index (χ1n) is 6.60. The van der Waals surface area contributed by atoms with Gasteiger partial charge in [0.25, 0.3) is 0 Å². The summed E-state index contributed by atoms with van der Waals surface area (Å²) in [5.74, 6) is 6.43. The highest BCUT2D eigenvalue weighted by molar-refractivity contribution is 4.99. The molecule has 1 fully saturated rings. The highest BCUT2D eigenvalue weighted by atomic mass is 16.5. The van der Waals surface area contributed by atoms with E-state index in [0.29, 0.717) is 13.0 Å². The van der Waals surface area contributed by atoms with Crippen LogP contribution >= 0.6 is 0 Å². The molecular weight excluding hydrogens is 212 g/mol. The van der Waals surface area contributed by atoms with Crippen LogP contribution in [0.25, 0.3) is 0 Å². The van der Waals surface area contributed by atoms with Crippen LogP contribution in [-0.2, 0) is 4.74 Å². The zero-order chi connectivity index (χ0) is 12.3. The van der Waals surface area contributed by atoms with Crippen molar-refractivity contribution in [3.63, 3.8) is 0 Å². The summed E-state index contributed by atoms with van der Waals surface area (Å²) in [4.78, 5) is 1.63. The van der Waals surface area contributed by atoms with E-state index in [1.54, 1.807) is 4.90 Å². The van der Waals surface area contributed by atoms with Crippen LogP contribution in [-0.4, -0.2) is 32.3 Å². The fraction of sp³-hybridized carbons (Fsp3) is 0.786. The Balaban J connectivity index is 2.06. The molecule has 0 saturated carbocycles. The predicted molar refractivity (Wildman–Crippen MR) is 67.5 cm³/mol. The Morgan fingerprint density at radius 3 is 2.71 bits per heavy atom. The van der Waals surface area contributed by atoms with E-state index < -0.39 is 0 Å². The van der Waals surface area contributed by atoms with Crippen molar-refractivity contribution >= 4 is 0 Å². The molecule has 1 aliphatic rings. The quantitative estimate of drug-likeness (QED) is 0.564. The number of hydrogen-bond acceptors (Lipinski definition) is 2. The molecule has 0 unspecified atom stereocenters. The van der Waals surface area contributed by atoms with Gasteiger partial charge in [0.2, 0.25) is 0 Å². The lowest BCUT2D eigenvalue weighted by atomic mass is 10.1. The molecule has 0 aliphatic carbocycles. The minimum Gasteiger partial charge on any atom is -0.376 e. The Morgan fingerprint density at radius 2 is 2.00 bits per heavy atom. The third kappa shape index (κ3) is 7.00. The Hall–Kier alpha value is -1.03. The lowest BCUT2D eigenvalue weighted by Crippen LogP contribution is -3.12. The normalized spacial score (nSPS) is 17.9. The fourth-order valence-corrected chi connectivity index (χ4v) is 2.00. The van der Waals surface area contributed by atoms with Crippen LogP contribution in [0, 0.1) is 23.2 Å². The van der Waals surface area contributed by atoms with Crippen molar-refractivity contribution in [1.29, 1.82) is 5.26 Å². The molecule has 1 atom stereocenters. The summed E-state index contributed by atoms with van der Waals surface area (Å²) in [7, 11) is 0. The van der Waals surface area contributed by atoms with Crippen molar-refractivity contribution in [1.82, 2.24) is 0 Å². The lowest BCUT2D eigenvalue weighted by molar-refractivity contribution is -0.897. The minimum atomic E-state index is 0.146. The highest BCUT2D eigenvalue weighted by Gasteiger charge is 2.10. The molecule has 0 aromatic heterocycles. The van der Waals surface area contributed by atoms with Crippen molar-refractivity contribution in [2.24, 2.45) is 0 Å².